The van der Waals surface area contributed by atoms with Crippen LogP contribution in [0.5, 0.6) is 0 Å². The smallest absolute Gasteiger partial charge is 0.320 e. The van der Waals surface area contributed by atoms with Gasteiger partial charge in [0.15, 0.2) is 5.84 Å². The van der Waals surface area contributed by atoms with E-state index in [4.69, 9.17) is 10.9 Å². The molecule has 14 heavy (non-hydrogen) atoms. The average Bonchev–Trinajstić information content (AvgIpc) is 2.23. The molecule has 82 valence electrons. The van der Waals surface area contributed by atoms with Crippen molar-refractivity contribution in [1.29, 1.82) is 0 Å². The third kappa shape index (κ3) is 2.79. The van der Waals surface area contributed by atoms with Gasteiger partial charge < -0.3 is 20.7 Å². The molecule has 0 saturated carbocycles. The van der Waals surface area contributed by atoms with E-state index in [0.717, 1.165) is 0 Å². The van der Waals surface area contributed by atoms with Crippen molar-refractivity contribution >= 4 is 11.9 Å². The molecule has 0 spiro atoms. The van der Waals surface area contributed by atoms with Crippen LogP contribution in [0.4, 0.5) is 4.79 Å². The minimum Gasteiger partial charge on any atom is -0.409 e. The van der Waals surface area contributed by atoms with Gasteiger partial charge in [-0.25, -0.2) is 4.79 Å². The van der Waals surface area contributed by atoms with Gasteiger partial charge in [-0.2, -0.15) is 0 Å². The van der Waals surface area contributed by atoms with Gasteiger partial charge in [-0.05, 0) is 13.8 Å². The molecule has 0 aliphatic carbocycles. The number of likely N-dealkylation sites (N-methyl/N-ethyl adjacent to an activating group) is 1. The van der Waals surface area contributed by atoms with Crippen molar-refractivity contribution in [3.05, 3.63) is 0 Å². The van der Waals surface area contributed by atoms with E-state index >= 15 is 0 Å². The van der Waals surface area contributed by atoms with Gasteiger partial charge in [0.25, 0.3) is 0 Å². The maximum absolute atomic E-state index is 11.6. The van der Waals surface area contributed by atoms with E-state index in [0.29, 0.717) is 6.54 Å². The SMILES string of the molecule is CCN(C)C(=O)N(C)C(C)C(N)=NO. The standard InChI is InChI=1S/C8H18N4O2/c1-5-11(3)8(13)12(4)6(2)7(9)10-14/h6,14H,5H2,1-4H3,(H2,9,10). The van der Waals surface area contributed by atoms with Gasteiger partial charge >= 0.3 is 6.03 Å². The quantitative estimate of drug-likeness (QED) is 0.295. The Morgan fingerprint density at radius 2 is 2.07 bits per heavy atom. The molecule has 0 aliphatic rings. The molecule has 1 unspecified atom stereocenters. The second-order valence-electron chi connectivity index (χ2n) is 3.11. The van der Waals surface area contributed by atoms with Gasteiger partial charge in [0.1, 0.15) is 0 Å². The van der Waals surface area contributed by atoms with Crippen LogP contribution in [0, 0.1) is 0 Å². The fourth-order valence-electron chi connectivity index (χ4n) is 0.852. The van der Waals surface area contributed by atoms with Crippen molar-refractivity contribution in [2.75, 3.05) is 20.6 Å². The zero-order valence-corrected chi connectivity index (χ0v) is 9.06. The van der Waals surface area contributed by atoms with E-state index in [2.05, 4.69) is 5.16 Å². The Balaban J connectivity index is 4.46. The number of nitrogens with two attached hydrogens (primary N) is 1. The number of rotatable bonds is 3. The number of nitrogens with zero attached hydrogens (tertiary/aromatic N) is 3. The second kappa shape index (κ2) is 5.31. The molecule has 6 nitrogen and oxygen atoms in total. The van der Waals surface area contributed by atoms with Gasteiger partial charge in [0.2, 0.25) is 0 Å². The lowest BCUT2D eigenvalue weighted by Crippen LogP contribution is -2.48. The van der Waals surface area contributed by atoms with Gasteiger partial charge in [0.05, 0.1) is 6.04 Å². The van der Waals surface area contributed by atoms with Crippen LogP contribution in [-0.2, 0) is 0 Å². The van der Waals surface area contributed by atoms with Crippen LogP contribution < -0.4 is 5.73 Å². The van der Waals surface area contributed by atoms with Crippen molar-refractivity contribution < 1.29 is 10.0 Å². The Hall–Kier alpha value is -1.46. The first kappa shape index (κ1) is 12.5. The number of carbonyl (C=O) groups is 1. The molecular formula is C8H18N4O2. The first-order chi connectivity index (χ1) is 6.45. The molecule has 1 atom stereocenters. The summed E-state index contributed by atoms with van der Waals surface area (Å²) in [7, 11) is 3.30. The van der Waals surface area contributed by atoms with E-state index in [9.17, 15) is 4.79 Å². The fraction of sp³-hybridized carbons (Fsp3) is 0.750. The lowest BCUT2D eigenvalue weighted by atomic mass is 10.3. The summed E-state index contributed by atoms with van der Waals surface area (Å²) in [5.74, 6) is 0.0188. The average molecular weight is 202 g/mol. The van der Waals surface area contributed by atoms with Gasteiger partial charge in [0, 0.05) is 20.6 Å². The third-order valence-corrected chi connectivity index (χ3v) is 2.23. The monoisotopic (exact) mass is 202 g/mol. The molecule has 0 radical (unpaired) electrons. The molecule has 0 aromatic rings. The van der Waals surface area contributed by atoms with Crippen LogP contribution in [-0.4, -0.2) is 53.6 Å². The summed E-state index contributed by atoms with van der Waals surface area (Å²) in [5, 5.41) is 11.3. The fourth-order valence-corrected chi connectivity index (χ4v) is 0.852. The topological polar surface area (TPSA) is 82.2 Å². The van der Waals surface area contributed by atoms with Crippen molar-refractivity contribution in [2.45, 2.75) is 19.9 Å². The summed E-state index contributed by atoms with van der Waals surface area (Å²) in [6.07, 6.45) is 0. The molecule has 0 aliphatic heterocycles. The highest BCUT2D eigenvalue weighted by molar-refractivity contribution is 5.88. The molecule has 0 saturated heterocycles. The van der Waals surface area contributed by atoms with E-state index in [1.54, 1.807) is 25.9 Å². The molecule has 6 heteroatoms. The summed E-state index contributed by atoms with van der Waals surface area (Å²) in [6, 6.07) is -0.576. The van der Waals surface area contributed by atoms with Crippen LogP contribution >= 0.6 is 0 Å². The van der Waals surface area contributed by atoms with E-state index in [-0.39, 0.29) is 11.9 Å². The van der Waals surface area contributed by atoms with Gasteiger partial charge in [-0.1, -0.05) is 5.16 Å². The van der Waals surface area contributed by atoms with Crippen LogP contribution in [0.15, 0.2) is 5.16 Å². The molecule has 0 heterocycles. The Labute approximate surface area is 84.0 Å². The van der Waals surface area contributed by atoms with E-state index < -0.39 is 6.04 Å². The molecule has 3 N–H and O–H groups in total. The van der Waals surface area contributed by atoms with Crippen molar-refractivity contribution in [1.82, 2.24) is 9.80 Å². The van der Waals surface area contributed by atoms with Crippen LogP contribution in [0.2, 0.25) is 0 Å². The number of carbonyl (C=O) groups excluding carboxylic acids is 1. The number of amidine groups is 1. The highest BCUT2D eigenvalue weighted by Crippen LogP contribution is 2.00. The van der Waals surface area contributed by atoms with Crippen LogP contribution in [0.3, 0.4) is 0 Å². The zero-order valence-electron chi connectivity index (χ0n) is 9.06. The first-order valence-corrected chi connectivity index (χ1v) is 4.41. The number of hydrogen-bond acceptors (Lipinski definition) is 3. The Morgan fingerprint density at radius 1 is 1.57 bits per heavy atom. The number of urea groups is 1. The molecular weight excluding hydrogens is 184 g/mol. The predicted molar refractivity (Wildman–Crippen MR) is 54.3 cm³/mol. The summed E-state index contributed by atoms with van der Waals surface area (Å²) in [5.41, 5.74) is 5.38. The number of oxime groups is 1. The van der Waals surface area contributed by atoms with Gasteiger partial charge in [-0.15, -0.1) is 0 Å². The summed E-state index contributed by atoms with van der Waals surface area (Å²) in [6.45, 7) is 4.18. The van der Waals surface area contributed by atoms with Crippen molar-refractivity contribution in [3.63, 3.8) is 0 Å². The first-order valence-electron chi connectivity index (χ1n) is 4.41. The van der Waals surface area contributed by atoms with Crippen LogP contribution in [0.25, 0.3) is 0 Å². The minimum absolute atomic E-state index is 0.0188. The molecule has 0 aromatic heterocycles. The predicted octanol–water partition coefficient (Wildman–Crippen LogP) is 0.125. The third-order valence-electron chi connectivity index (χ3n) is 2.23. The normalized spacial score (nSPS) is 13.6. The summed E-state index contributed by atoms with van der Waals surface area (Å²) in [4.78, 5) is 14.6. The van der Waals surface area contributed by atoms with E-state index in [1.807, 2.05) is 6.92 Å². The number of hydrogen-bond donors (Lipinski definition) is 2. The molecule has 0 bridgehead atoms. The maximum atomic E-state index is 11.6. The Kier molecular flexibility index (Phi) is 4.76. The summed E-state index contributed by atoms with van der Waals surface area (Å²) < 4.78 is 0. The van der Waals surface area contributed by atoms with Gasteiger partial charge in [-0.3, -0.25) is 0 Å². The Morgan fingerprint density at radius 3 is 2.43 bits per heavy atom. The zero-order chi connectivity index (χ0) is 11.3. The van der Waals surface area contributed by atoms with Crippen molar-refractivity contribution in [2.24, 2.45) is 10.9 Å². The largest absolute Gasteiger partial charge is 0.409 e. The Bertz CT molecular complexity index is 229. The highest BCUT2D eigenvalue weighted by Gasteiger charge is 2.21. The minimum atomic E-state index is -0.415. The number of amides is 2. The molecule has 0 rings (SSSR count). The maximum Gasteiger partial charge on any atom is 0.320 e. The van der Waals surface area contributed by atoms with Crippen LogP contribution in [0.1, 0.15) is 13.8 Å². The summed E-state index contributed by atoms with van der Waals surface area (Å²) >= 11 is 0. The lowest BCUT2D eigenvalue weighted by molar-refractivity contribution is 0.170. The molecule has 2 amide bonds. The van der Waals surface area contributed by atoms with E-state index in [1.165, 1.54) is 4.90 Å². The molecule has 0 aromatic carbocycles. The van der Waals surface area contributed by atoms with Crippen molar-refractivity contribution in [3.8, 4) is 0 Å². The highest BCUT2D eigenvalue weighted by atomic mass is 16.4. The second-order valence-corrected chi connectivity index (χ2v) is 3.11. The lowest BCUT2D eigenvalue weighted by Gasteiger charge is -2.28. The molecule has 0 fully saturated rings.